The zero-order chi connectivity index (χ0) is 12.0. The minimum atomic E-state index is 0.0233. The van der Waals surface area contributed by atoms with Crippen molar-refractivity contribution in [1.82, 2.24) is 10.2 Å². The van der Waals surface area contributed by atoms with E-state index in [2.05, 4.69) is 31.1 Å². The fraction of sp³-hybridized carbons (Fsp3) is 0.917. The van der Waals surface area contributed by atoms with Crippen LogP contribution in [-0.4, -0.2) is 50.2 Å². The SMILES string of the molecule is CC(C)COCC(=O)NC1CCN(C)CC1. The van der Waals surface area contributed by atoms with E-state index in [1.54, 1.807) is 0 Å². The highest BCUT2D eigenvalue weighted by Crippen LogP contribution is 2.07. The lowest BCUT2D eigenvalue weighted by atomic mass is 10.1. The summed E-state index contributed by atoms with van der Waals surface area (Å²) in [5.41, 5.74) is 0. The molecule has 0 aliphatic carbocycles. The van der Waals surface area contributed by atoms with Crippen LogP contribution in [0.15, 0.2) is 0 Å². The first-order chi connectivity index (χ1) is 7.58. The van der Waals surface area contributed by atoms with Gasteiger partial charge in [-0.25, -0.2) is 0 Å². The number of rotatable bonds is 5. The van der Waals surface area contributed by atoms with Gasteiger partial charge in [0.15, 0.2) is 0 Å². The van der Waals surface area contributed by atoms with E-state index in [9.17, 15) is 4.79 Å². The summed E-state index contributed by atoms with van der Waals surface area (Å²) in [5, 5.41) is 3.02. The van der Waals surface area contributed by atoms with Crippen LogP contribution in [0.2, 0.25) is 0 Å². The Bertz CT molecular complexity index is 211. The van der Waals surface area contributed by atoms with Crippen molar-refractivity contribution >= 4 is 5.91 Å². The standard InChI is InChI=1S/C12H24N2O2/c1-10(2)8-16-9-12(15)13-11-4-6-14(3)7-5-11/h10-11H,4-9H2,1-3H3,(H,13,15). The monoisotopic (exact) mass is 228 g/mol. The number of nitrogens with zero attached hydrogens (tertiary/aromatic N) is 1. The lowest BCUT2D eigenvalue weighted by molar-refractivity contribution is -0.127. The van der Waals surface area contributed by atoms with E-state index in [0.29, 0.717) is 18.6 Å². The Kier molecular flexibility index (Phi) is 5.77. The van der Waals surface area contributed by atoms with Crippen LogP contribution in [0.4, 0.5) is 0 Å². The molecular weight excluding hydrogens is 204 g/mol. The molecule has 1 N–H and O–H groups in total. The van der Waals surface area contributed by atoms with Gasteiger partial charge in [-0.3, -0.25) is 4.79 Å². The summed E-state index contributed by atoms with van der Waals surface area (Å²) in [6.07, 6.45) is 2.10. The minimum Gasteiger partial charge on any atom is -0.371 e. The number of hydrogen-bond acceptors (Lipinski definition) is 3. The van der Waals surface area contributed by atoms with E-state index in [4.69, 9.17) is 4.74 Å². The number of piperidine rings is 1. The van der Waals surface area contributed by atoms with Gasteiger partial charge in [-0.2, -0.15) is 0 Å². The number of nitrogens with one attached hydrogen (secondary N) is 1. The van der Waals surface area contributed by atoms with Gasteiger partial charge in [-0.1, -0.05) is 13.8 Å². The first kappa shape index (κ1) is 13.5. The molecule has 0 radical (unpaired) electrons. The molecule has 0 bridgehead atoms. The normalized spacial score (nSPS) is 19.0. The van der Waals surface area contributed by atoms with Crippen molar-refractivity contribution in [3.8, 4) is 0 Å². The van der Waals surface area contributed by atoms with Gasteiger partial charge in [0, 0.05) is 12.6 Å². The van der Waals surface area contributed by atoms with Gasteiger partial charge in [0.2, 0.25) is 5.91 Å². The highest BCUT2D eigenvalue weighted by Gasteiger charge is 2.18. The van der Waals surface area contributed by atoms with Gasteiger partial charge in [0.25, 0.3) is 0 Å². The van der Waals surface area contributed by atoms with Crippen molar-refractivity contribution in [2.24, 2.45) is 5.92 Å². The Morgan fingerprint density at radius 3 is 2.62 bits per heavy atom. The maximum Gasteiger partial charge on any atom is 0.246 e. The summed E-state index contributed by atoms with van der Waals surface area (Å²) in [6.45, 7) is 7.14. The van der Waals surface area contributed by atoms with Crippen LogP contribution in [0.1, 0.15) is 26.7 Å². The predicted molar refractivity (Wildman–Crippen MR) is 64.3 cm³/mol. The molecule has 0 saturated carbocycles. The Morgan fingerprint density at radius 2 is 2.06 bits per heavy atom. The van der Waals surface area contributed by atoms with Crippen LogP contribution in [0.5, 0.6) is 0 Å². The van der Waals surface area contributed by atoms with Crippen molar-refractivity contribution in [2.75, 3.05) is 33.4 Å². The van der Waals surface area contributed by atoms with Crippen molar-refractivity contribution in [1.29, 1.82) is 0 Å². The average Bonchev–Trinajstić information content (AvgIpc) is 2.21. The molecule has 0 atom stereocenters. The third-order valence-corrected chi connectivity index (χ3v) is 2.77. The molecule has 0 unspecified atom stereocenters. The molecule has 1 amide bonds. The fourth-order valence-corrected chi connectivity index (χ4v) is 1.81. The summed E-state index contributed by atoms with van der Waals surface area (Å²) >= 11 is 0. The Balaban J connectivity index is 2.09. The number of hydrogen-bond donors (Lipinski definition) is 1. The second-order valence-electron chi connectivity index (χ2n) is 5.05. The summed E-state index contributed by atoms with van der Waals surface area (Å²) in [4.78, 5) is 13.8. The predicted octanol–water partition coefficient (Wildman–Crippen LogP) is 0.869. The van der Waals surface area contributed by atoms with E-state index < -0.39 is 0 Å². The molecule has 0 aromatic carbocycles. The lowest BCUT2D eigenvalue weighted by Crippen LogP contribution is -2.44. The third-order valence-electron chi connectivity index (χ3n) is 2.77. The molecule has 1 fully saturated rings. The molecule has 16 heavy (non-hydrogen) atoms. The molecule has 4 heteroatoms. The topological polar surface area (TPSA) is 41.6 Å². The summed E-state index contributed by atoms with van der Waals surface area (Å²) in [5.74, 6) is 0.506. The molecule has 1 saturated heterocycles. The molecule has 1 heterocycles. The van der Waals surface area contributed by atoms with E-state index in [-0.39, 0.29) is 12.5 Å². The van der Waals surface area contributed by atoms with Gasteiger partial charge < -0.3 is 15.0 Å². The van der Waals surface area contributed by atoms with Crippen LogP contribution >= 0.6 is 0 Å². The second kappa shape index (κ2) is 6.86. The highest BCUT2D eigenvalue weighted by molar-refractivity contribution is 5.77. The Labute approximate surface area is 98.3 Å². The van der Waals surface area contributed by atoms with E-state index in [1.165, 1.54) is 0 Å². The maximum absolute atomic E-state index is 11.5. The van der Waals surface area contributed by atoms with Crippen LogP contribution in [0.25, 0.3) is 0 Å². The first-order valence-corrected chi connectivity index (χ1v) is 6.13. The van der Waals surface area contributed by atoms with Gasteiger partial charge in [-0.15, -0.1) is 0 Å². The fourth-order valence-electron chi connectivity index (χ4n) is 1.81. The van der Waals surface area contributed by atoms with Crippen LogP contribution in [0, 0.1) is 5.92 Å². The average molecular weight is 228 g/mol. The lowest BCUT2D eigenvalue weighted by Gasteiger charge is -2.29. The van der Waals surface area contributed by atoms with E-state index in [1.807, 2.05) is 0 Å². The smallest absolute Gasteiger partial charge is 0.246 e. The van der Waals surface area contributed by atoms with Gasteiger partial charge in [0.05, 0.1) is 0 Å². The summed E-state index contributed by atoms with van der Waals surface area (Å²) < 4.78 is 5.30. The molecular formula is C12H24N2O2. The van der Waals surface area contributed by atoms with Crippen LogP contribution < -0.4 is 5.32 Å². The molecule has 1 aliphatic heterocycles. The zero-order valence-electron chi connectivity index (χ0n) is 10.7. The molecule has 4 nitrogen and oxygen atoms in total. The Hall–Kier alpha value is -0.610. The van der Waals surface area contributed by atoms with Gasteiger partial charge in [0.1, 0.15) is 6.61 Å². The number of amides is 1. The van der Waals surface area contributed by atoms with Crippen molar-refractivity contribution in [3.05, 3.63) is 0 Å². The van der Waals surface area contributed by atoms with Gasteiger partial charge >= 0.3 is 0 Å². The van der Waals surface area contributed by atoms with Crippen molar-refractivity contribution in [3.63, 3.8) is 0 Å². The number of carbonyl (C=O) groups excluding carboxylic acids is 1. The molecule has 0 aromatic heterocycles. The molecule has 1 rings (SSSR count). The van der Waals surface area contributed by atoms with Crippen LogP contribution in [-0.2, 0) is 9.53 Å². The molecule has 1 aliphatic rings. The Morgan fingerprint density at radius 1 is 1.44 bits per heavy atom. The number of carbonyl (C=O) groups is 1. The quantitative estimate of drug-likeness (QED) is 0.759. The number of ether oxygens (including phenoxy) is 1. The zero-order valence-corrected chi connectivity index (χ0v) is 10.7. The summed E-state index contributed by atoms with van der Waals surface area (Å²) in [6, 6.07) is 0.339. The largest absolute Gasteiger partial charge is 0.371 e. The van der Waals surface area contributed by atoms with E-state index >= 15 is 0 Å². The first-order valence-electron chi connectivity index (χ1n) is 6.13. The highest BCUT2D eigenvalue weighted by atomic mass is 16.5. The maximum atomic E-state index is 11.5. The minimum absolute atomic E-state index is 0.0233. The van der Waals surface area contributed by atoms with Crippen LogP contribution in [0.3, 0.4) is 0 Å². The molecule has 0 spiro atoms. The summed E-state index contributed by atoms with van der Waals surface area (Å²) in [7, 11) is 2.11. The van der Waals surface area contributed by atoms with Crippen molar-refractivity contribution < 1.29 is 9.53 Å². The van der Waals surface area contributed by atoms with Crippen molar-refractivity contribution in [2.45, 2.75) is 32.7 Å². The molecule has 0 aromatic rings. The van der Waals surface area contributed by atoms with Gasteiger partial charge in [-0.05, 0) is 38.9 Å². The molecule has 94 valence electrons. The van der Waals surface area contributed by atoms with E-state index in [0.717, 1.165) is 25.9 Å². The second-order valence-corrected chi connectivity index (χ2v) is 5.05. The number of likely N-dealkylation sites (tertiary alicyclic amines) is 1. The third kappa shape index (κ3) is 5.47.